The van der Waals surface area contributed by atoms with Crippen molar-refractivity contribution in [1.82, 2.24) is 0 Å². The lowest BCUT2D eigenvalue weighted by Crippen LogP contribution is -2.28. The van der Waals surface area contributed by atoms with Gasteiger partial charge in [0.2, 0.25) is 0 Å². The summed E-state index contributed by atoms with van der Waals surface area (Å²) < 4.78 is 9.60. The second-order valence-electron chi connectivity index (χ2n) is 12.9. The van der Waals surface area contributed by atoms with Gasteiger partial charge in [0.1, 0.15) is 23.9 Å². The fourth-order valence-electron chi connectivity index (χ4n) is 6.19. The van der Waals surface area contributed by atoms with Gasteiger partial charge in [0.15, 0.2) is 5.78 Å². The van der Waals surface area contributed by atoms with Crippen LogP contribution in [0.3, 0.4) is 0 Å². The molecule has 54 heavy (non-hydrogen) atoms. The first kappa shape index (κ1) is 45.6. The average molecular weight is 773 g/mol. The van der Waals surface area contributed by atoms with Crippen LogP contribution in [0.15, 0.2) is 94.7 Å². The third-order valence-electron chi connectivity index (χ3n) is 8.34. The smallest absolute Gasteiger partial charge is 0.320 e. The molecule has 3 atom stereocenters. The first-order valence-corrected chi connectivity index (χ1v) is 19.4. The fourth-order valence-corrected chi connectivity index (χ4v) is 7.65. The van der Waals surface area contributed by atoms with E-state index < -0.39 is 29.9 Å². The van der Waals surface area contributed by atoms with Crippen LogP contribution < -0.4 is 0 Å². The summed E-state index contributed by atoms with van der Waals surface area (Å²) in [5, 5.41) is 10.3. The van der Waals surface area contributed by atoms with Crippen LogP contribution in [-0.4, -0.2) is 66.7 Å². The van der Waals surface area contributed by atoms with E-state index in [2.05, 4.69) is 0 Å². The molecule has 0 aromatic heterocycles. The number of esters is 2. The second-order valence-corrected chi connectivity index (χ2v) is 15.1. The summed E-state index contributed by atoms with van der Waals surface area (Å²) in [4.78, 5) is 60.7. The number of aldehydes is 1. The van der Waals surface area contributed by atoms with E-state index in [1.807, 2.05) is 126 Å². The molecule has 0 heterocycles. The number of carbonyl (C=O) groups is 5. The van der Waals surface area contributed by atoms with Crippen LogP contribution in [-0.2, 0) is 33.4 Å². The maximum absolute atomic E-state index is 12.9. The van der Waals surface area contributed by atoms with E-state index in [-0.39, 0.29) is 18.0 Å². The predicted octanol–water partition coefficient (Wildman–Crippen LogP) is 8.42. The van der Waals surface area contributed by atoms with Crippen LogP contribution in [0.5, 0.6) is 0 Å². The summed E-state index contributed by atoms with van der Waals surface area (Å²) >= 11 is 3.03. The number of hydrogen-bond acceptors (Lipinski definition) is 10. The number of carbonyl (C=O) groups excluding carboxylic acids is 5. The quantitative estimate of drug-likeness (QED) is 0.0578. The lowest BCUT2D eigenvalue weighted by atomic mass is 9.85. The molecule has 0 radical (unpaired) electrons. The Morgan fingerprint density at radius 2 is 1.04 bits per heavy atom. The van der Waals surface area contributed by atoms with Crippen molar-refractivity contribution in [2.45, 2.75) is 82.6 Å². The summed E-state index contributed by atoms with van der Waals surface area (Å²) in [6.07, 6.45) is -0.00904. The number of methoxy groups -OCH3 is 2. The van der Waals surface area contributed by atoms with Gasteiger partial charge in [0, 0.05) is 22.0 Å². The van der Waals surface area contributed by atoms with Gasteiger partial charge in [-0.15, -0.1) is 23.5 Å². The van der Waals surface area contributed by atoms with Crippen LogP contribution in [0.25, 0.3) is 0 Å². The van der Waals surface area contributed by atoms with Crippen LogP contribution in [0, 0.1) is 41.5 Å². The van der Waals surface area contributed by atoms with Crippen molar-refractivity contribution in [2.75, 3.05) is 25.7 Å². The summed E-state index contributed by atoms with van der Waals surface area (Å²) in [5.74, 6) is -2.47. The Bertz CT molecular complexity index is 1810. The van der Waals surface area contributed by atoms with Crippen LogP contribution in [0.2, 0.25) is 0 Å². The third kappa shape index (κ3) is 14.4. The highest BCUT2D eigenvalue weighted by Gasteiger charge is 2.33. The minimum absolute atomic E-state index is 0.0909. The molecular formula is C44H52O8S2. The van der Waals surface area contributed by atoms with Crippen LogP contribution in [0.4, 0.5) is 0 Å². The lowest BCUT2D eigenvalue weighted by molar-refractivity contribution is -0.147. The number of aliphatic hydroxyl groups excluding tert-OH is 1. The summed E-state index contributed by atoms with van der Waals surface area (Å²) in [6, 6.07) is 27.4. The zero-order valence-electron chi connectivity index (χ0n) is 32.6. The molecule has 4 aromatic rings. The molecule has 4 rings (SSSR count). The molecule has 4 aromatic carbocycles. The molecule has 10 heteroatoms. The highest BCUT2D eigenvalue weighted by molar-refractivity contribution is 8.00. The fraction of sp³-hybridized carbons (Fsp3) is 0.341. The van der Waals surface area contributed by atoms with Gasteiger partial charge in [0.05, 0.1) is 26.1 Å². The van der Waals surface area contributed by atoms with Gasteiger partial charge in [-0.3, -0.25) is 19.2 Å². The Morgan fingerprint density at radius 1 is 0.648 bits per heavy atom. The molecule has 0 fully saturated rings. The lowest BCUT2D eigenvalue weighted by Gasteiger charge is -2.20. The normalized spacial score (nSPS) is 12.0. The van der Waals surface area contributed by atoms with E-state index in [1.165, 1.54) is 32.9 Å². The maximum Gasteiger partial charge on any atom is 0.320 e. The number of thioether (sulfide) groups is 2. The summed E-state index contributed by atoms with van der Waals surface area (Å²) in [6.45, 7) is 13.0. The highest BCUT2D eigenvalue weighted by Crippen LogP contribution is 2.30. The van der Waals surface area contributed by atoms with Gasteiger partial charge in [-0.05, 0) is 106 Å². The van der Waals surface area contributed by atoms with Crippen LogP contribution >= 0.6 is 23.5 Å². The molecule has 0 bridgehead atoms. The topological polar surface area (TPSA) is 124 Å². The van der Waals surface area contributed by atoms with Gasteiger partial charge in [0.25, 0.3) is 0 Å². The Morgan fingerprint density at radius 3 is 1.43 bits per heavy atom. The van der Waals surface area contributed by atoms with E-state index in [9.17, 15) is 29.1 Å². The minimum atomic E-state index is -1.01. The van der Waals surface area contributed by atoms with Crippen molar-refractivity contribution in [3.63, 3.8) is 0 Å². The molecule has 0 saturated carbocycles. The van der Waals surface area contributed by atoms with Crippen molar-refractivity contribution < 1.29 is 38.6 Å². The number of Topliss-reactive ketones (excluding diaryl/α,β-unsaturated/α-hetero) is 2. The molecule has 0 amide bonds. The van der Waals surface area contributed by atoms with E-state index in [4.69, 9.17) is 9.47 Å². The number of ether oxygens (including phenoxy) is 2. The van der Waals surface area contributed by atoms with Crippen molar-refractivity contribution in [1.29, 1.82) is 0 Å². The Balaban J connectivity index is 0.000000316. The van der Waals surface area contributed by atoms with Crippen molar-refractivity contribution in [2.24, 2.45) is 0 Å². The zero-order chi connectivity index (χ0) is 40.4. The molecule has 1 N–H and O–H groups in total. The first-order chi connectivity index (χ1) is 25.6. The summed E-state index contributed by atoms with van der Waals surface area (Å²) in [5.41, 5.74) is 7.31. The second kappa shape index (κ2) is 23.3. The van der Waals surface area contributed by atoms with Crippen molar-refractivity contribution >= 4 is 53.3 Å². The predicted molar refractivity (Wildman–Crippen MR) is 218 cm³/mol. The largest absolute Gasteiger partial charge is 0.468 e. The number of ketones is 2. The van der Waals surface area contributed by atoms with E-state index in [0.29, 0.717) is 17.1 Å². The molecule has 0 aliphatic carbocycles. The van der Waals surface area contributed by atoms with E-state index in [1.54, 1.807) is 11.8 Å². The van der Waals surface area contributed by atoms with Gasteiger partial charge < -0.3 is 19.4 Å². The molecule has 8 nitrogen and oxygen atoms in total. The molecule has 0 aliphatic rings. The Kier molecular flexibility index (Phi) is 19.7. The Hall–Kier alpha value is -4.51. The average Bonchev–Trinajstić information content (AvgIpc) is 3.13. The number of aryl methyl sites for hydroxylation is 6. The highest BCUT2D eigenvalue weighted by atomic mass is 32.2. The zero-order valence-corrected chi connectivity index (χ0v) is 34.3. The third-order valence-corrected chi connectivity index (χ3v) is 10.4. The van der Waals surface area contributed by atoms with Gasteiger partial charge in [-0.1, -0.05) is 71.8 Å². The minimum Gasteiger partial charge on any atom is -0.468 e. The van der Waals surface area contributed by atoms with Gasteiger partial charge in [-0.25, -0.2) is 0 Å². The monoisotopic (exact) mass is 772 g/mol. The molecule has 0 spiro atoms. The number of aliphatic hydroxyl groups is 1. The van der Waals surface area contributed by atoms with Gasteiger partial charge in [-0.2, -0.15) is 0 Å². The maximum atomic E-state index is 12.9. The van der Waals surface area contributed by atoms with E-state index >= 15 is 0 Å². The molecule has 0 aliphatic heterocycles. The summed E-state index contributed by atoms with van der Waals surface area (Å²) in [7, 11) is 2.58. The van der Waals surface area contributed by atoms with E-state index in [0.717, 1.165) is 55.0 Å². The van der Waals surface area contributed by atoms with Crippen molar-refractivity contribution in [3.8, 4) is 0 Å². The molecule has 0 saturated heterocycles. The van der Waals surface area contributed by atoms with Crippen molar-refractivity contribution in [3.05, 3.63) is 129 Å². The molecule has 3 unspecified atom stereocenters. The standard InChI is InChI=1S/C22H26O4S.C14H18O3.C8H8OS/c1-14-10-15(2)20(16(3)11-14)21(22(25)26-4)19(24)12-17(23)13-27-18-8-6-5-7-9-18;1-8-6-9(2)12(10(3)7-8)13(11(4)15)14(16)17-5;9-6-7-10-8-4-2-1-3-5-8/h5-11,17,21,23H,12-13H2,1-4H3;6-7,13H,1-5H3;1-6H,7H2. The molecule has 288 valence electrons. The van der Waals surface area contributed by atoms with Crippen LogP contribution in [0.1, 0.15) is 69.7 Å². The van der Waals surface area contributed by atoms with Gasteiger partial charge >= 0.3 is 11.9 Å². The number of hydrogen-bond donors (Lipinski definition) is 1. The number of benzene rings is 4. The Labute approximate surface area is 328 Å². The number of rotatable bonds is 14. The SMILES string of the molecule is COC(=O)C(C(=O)CC(O)CSc1ccccc1)c1c(C)cc(C)cc1C.COC(=O)C(C(C)=O)c1c(C)cc(C)cc1C.O=CCSc1ccccc1. The first-order valence-electron chi connectivity index (χ1n) is 17.5. The molecular weight excluding hydrogens is 721 g/mol.